The third kappa shape index (κ3) is 2.96. The Hall–Kier alpha value is -1.82. The zero-order chi connectivity index (χ0) is 13.7. The molecule has 19 heavy (non-hydrogen) atoms. The maximum atomic E-state index is 5.43. The molecule has 2 aromatic rings. The van der Waals surface area contributed by atoms with E-state index in [0.29, 0.717) is 6.61 Å². The first-order valence-corrected chi connectivity index (χ1v) is 6.64. The van der Waals surface area contributed by atoms with Gasteiger partial charge in [0.2, 0.25) is 0 Å². The van der Waals surface area contributed by atoms with Gasteiger partial charge in [0, 0.05) is 39.1 Å². The molecule has 0 amide bonds. The van der Waals surface area contributed by atoms with Crippen LogP contribution in [0.25, 0.3) is 5.65 Å². The van der Waals surface area contributed by atoms with E-state index in [0.717, 1.165) is 37.0 Å². The van der Waals surface area contributed by atoms with E-state index in [-0.39, 0.29) is 0 Å². The Balaban J connectivity index is 2.31. The molecule has 0 aliphatic rings. The number of hydrogen-bond donors (Lipinski definition) is 1. The molecule has 2 aromatic heterocycles. The fraction of sp³-hybridized carbons (Fsp3) is 0.538. The summed E-state index contributed by atoms with van der Waals surface area (Å²) in [6.45, 7) is 7.23. The average molecular weight is 263 g/mol. The van der Waals surface area contributed by atoms with Crippen LogP contribution >= 0.6 is 0 Å². The van der Waals surface area contributed by atoms with Crippen LogP contribution in [-0.2, 0) is 4.74 Å². The van der Waals surface area contributed by atoms with Gasteiger partial charge in [-0.25, -0.2) is 9.97 Å². The average Bonchev–Trinajstić information content (AvgIpc) is 2.91. The molecule has 104 valence electrons. The summed E-state index contributed by atoms with van der Waals surface area (Å²) in [5.74, 6) is 1.72. The van der Waals surface area contributed by atoms with Crippen LogP contribution < -0.4 is 10.2 Å². The van der Waals surface area contributed by atoms with E-state index < -0.39 is 0 Å². The molecule has 1 N–H and O–H groups in total. The molecule has 6 heteroatoms. The SMILES string of the molecule is CCOCCN(CC)c1nc(NC)cn2ccnc12. The summed E-state index contributed by atoms with van der Waals surface area (Å²) in [6, 6.07) is 0. The second-order valence-electron chi connectivity index (χ2n) is 4.13. The highest BCUT2D eigenvalue weighted by atomic mass is 16.5. The maximum Gasteiger partial charge on any atom is 0.180 e. The molecular formula is C13H21N5O. The highest BCUT2D eigenvalue weighted by molar-refractivity contribution is 5.66. The van der Waals surface area contributed by atoms with Crippen LogP contribution in [-0.4, -0.2) is 47.7 Å². The molecule has 0 aromatic carbocycles. The third-order valence-corrected chi connectivity index (χ3v) is 3.00. The summed E-state index contributed by atoms with van der Waals surface area (Å²) in [6.07, 6.45) is 5.65. The van der Waals surface area contributed by atoms with E-state index in [4.69, 9.17) is 4.74 Å². The molecule has 2 heterocycles. The van der Waals surface area contributed by atoms with E-state index in [1.807, 2.05) is 30.8 Å². The molecule has 0 saturated heterocycles. The number of ether oxygens (including phenoxy) is 1. The van der Waals surface area contributed by atoms with E-state index in [1.165, 1.54) is 0 Å². The molecule has 0 saturated carbocycles. The first-order chi connectivity index (χ1) is 9.30. The molecule has 0 aliphatic heterocycles. The minimum Gasteiger partial charge on any atom is -0.380 e. The third-order valence-electron chi connectivity index (χ3n) is 3.00. The van der Waals surface area contributed by atoms with Crippen LogP contribution in [0.15, 0.2) is 18.6 Å². The second-order valence-corrected chi connectivity index (χ2v) is 4.13. The molecular weight excluding hydrogens is 242 g/mol. The highest BCUT2D eigenvalue weighted by Crippen LogP contribution is 2.20. The summed E-state index contributed by atoms with van der Waals surface area (Å²) < 4.78 is 7.41. The van der Waals surface area contributed by atoms with Crippen LogP contribution in [0.2, 0.25) is 0 Å². The van der Waals surface area contributed by atoms with Crippen molar-refractivity contribution in [3.8, 4) is 0 Å². The molecule has 0 radical (unpaired) electrons. The van der Waals surface area contributed by atoms with E-state index in [9.17, 15) is 0 Å². The topological polar surface area (TPSA) is 54.7 Å². The minimum atomic E-state index is 0.697. The van der Waals surface area contributed by atoms with Crippen molar-refractivity contribution in [2.45, 2.75) is 13.8 Å². The predicted molar refractivity (Wildman–Crippen MR) is 76.9 cm³/mol. The maximum absolute atomic E-state index is 5.43. The van der Waals surface area contributed by atoms with Crippen molar-refractivity contribution in [1.82, 2.24) is 14.4 Å². The number of imidazole rings is 1. The van der Waals surface area contributed by atoms with Crippen LogP contribution in [0.3, 0.4) is 0 Å². The zero-order valence-corrected chi connectivity index (χ0v) is 11.8. The molecule has 0 bridgehead atoms. The summed E-state index contributed by atoms with van der Waals surface area (Å²) in [5.41, 5.74) is 0.873. The predicted octanol–water partition coefficient (Wildman–Crippen LogP) is 1.63. The summed E-state index contributed by atoms with van der Waals surface area (Å²) in [4.78, 5) is 11.2. The van der Waals surface area contributed by atoms with Crippen LogP contribution in [0.5, 0.6) is 0 Å². The number of likely N-dealkylation sites (N-methyl/N-ethyl adjacent to an activating group) is 1. The highest BCUT2D eigenvalue weighted by Gasteiger charge is 2.13. The van der Waals surface area contributed by atoms with Crippen molar-refractivity contribution in [1.29, 1.82) is 0 Å². The number of rotatable bonds is 7. The summed E-state index contributed by atoms with van der Waals surface area (Å²) in [5, 5.41) is 3.08. The van der Waals surface area contributed by atoms with Gasteiger partial charge in [-0.05, 0) is 13.8 Å². The molecule has 2 rings (SSSR count). The van der Waals surface area contributed by atoms with Crippen LogP contribution in [0.4, 0.5) is 11.6 Å². The van der Waals surface area contributed by atoms with Gasteiger partial charge in [-0.15, -0.1) is 0 Å². The van der Waals surface area contributed by atoms with Gasteiger partial charge >= 0.3 is 0 Å². The Morgan fingerprint density at radius 1 is 1.42 bits per heavy atom. The molecule has 0 atom stereocenters. The lowest BCUT2D eigenvalue weighted by Crippen LogP contribution is -2.28. The first kappa shape index (κ1) is 13.6. The minimum absolute atomic E-state index is 0.697. The van der Waals surface area contributed by atoms with Gasteiger partial charge < -0.3 is 19.4 Å². The second kappa shape index (κ2) is 6.38. The van der Waals surface area contributed by atoms with Crippen molar-refractivity contribution in [3.05, 3.63) is 18.6 Å². The number of anilines is 2. The Kier molecular flexibility index (Phi) is 4.57. The number of nitrogens with one attached hydrogen (secondary N) is 1. The molecule has 0 aliphatic carbocycles. The van der Waals surface area contributed by atoms with Crippen LogP contribution in [0, 0.1) is 0 Å². The fourth-order valence-electron chi connectivity index (χ4n) is 1.98. The number of fused-ring (bicyclic) bond motifs is 1. The first-order valence-electron chi connectivity index (χ1n) is 6.64. The lowest BCUT2D eigenvalue weighted by Gasteiger charge is -2.22. The van der Waals surface area contributed by atoms with Crippen molar-refractivity contribution in [2.75, 3.05) is 43.6 Å². The largest absolute Gasteiger partial charge is 0.380 e. The molecule has 0 spiro atoms. The summed E-state index contributed by atoms with van der Waals surface area (Å²) >= 11 is 0. The Bertz CT molecular complexity index is 525. The van der Waals surface area contributed by atoms with Gasteiger partial charge in [0.15, 0.2) is 11.5 Å². The van der Waals surface area contributed by atoms with E-state index >= 15 is 0 Å². The van der Waals surface area contributed by atoms with Gasteiger partial charge in [-0.2, -0.15) is 0 Å². The van der Waals surface area contributed by atoms with Gasteiger partial charge in [0.05, 0.1) is 12.8 Å². The standard InChI is InChI=1S/C13H21N5O/c1-4-17(8-9-19-5-2)13-12-15-6-7-18(12)10-11(14-3)16-13/h6-7,10,14H,4-5,8-9H2,1-3H3. The fourth-order valence-corrected chi connectivity index (χ4v) is 1.98. The number of aromatic nitrogens is 3. The van der Waals surface area contributed by atoms with Gasteiger partial charge in [-0.3, -0.25) is 0 Å². The zero-order valence-electron chi connectivity index (χ0n) is 11.8. The quantitative estimate of drug-likeness (QED) is 0.770. The van der Waals surface area contributed by atoms with E-state index in [2.05, 4.69) is 27.1 Å². The Labute approximate surface area is 113 Å². The molecule has 6 nitrogen and oxygen atoms in total. The van der Waals surface area contributed by atoms with Crippen molar-refractivity contribution >= 4 is 17.3 Å². The van der Waals surface area contributed by atoms with Crippen molar-refractivity contribution in [3.63, 3.8) is 0 Å². The lowest BCUT2D eigenvalue weighted by atomic mass is 10.4. The lowest BCUT2D eigenvalue weighted by molar-refractivity contribution is 0.154. The van der Waals surface area contributed by atoms with Crippen molar-refractivity contribution < 1.29 is 4.74 Å². The number of nitrogens with zero attached hydrogens (tertiary/aromatic N) is 4. The van der Waals surface area contributed by atoms with Gasteiger partial charge in [-0.1, -0.05) is 0 Å². The van der Waals surface area contributed by atoms with Gasteiger partial charge in [0.25, 0.3) is 0 Å². The molecule has 0 unspecified atom stereocenters. The molecule has 0 fully saturated rings. The van der Waals surface area contributed by atoms with Crippen LogP contribution in [0.1, 0.15) is 13.8 Å². The normalized spacial score (nSPS) is 10.9. The smallest absolute Gasteiger partial charge is 0.180 e. The van der Waals surface area contributed by atoms with Crippen molar-refractivity contribution in [2.24, 2.45) is 0 Å². The summed E-state index contributed by atoms with van der Waals surface area (Å²) in [7, 11) is 1.87. The number of hydrogen-bond acceptors (Lipinski definition) is 5. The van der Waals surface area contributed by atoms with E-state index in [1.54, 1.807) is 6.20 Å². The van der Waals surface area contributed by atoms with Gasteiger partial charge in [0.1, 0.15) is 5.82 Å². The monoisotopic (exact) mass is 263 g/mol. The Morgan fingerprint density at radius 2 is 2.26 bits per heavy atom. The Morgan fingerprint density at radius 3 is 2.95 bits per heavy atom.